The van der Waals surface area contributed by atoms with E-state index in [2.05, 4.69) is 10.1 Å². The molecule has 0 aliphatic rings. The molecule has 2 aromatic carbocycles. The smallest absolute Gasteiger partial charge is 0.258 e. The minimum Gasteiger partial charge on any atom is -0.398 e. The summed E-state index contributed by atoms with van der Waals surface area (Å²) in [4.78, 5) is 4.35. The van der Waals surface area contributed by atoms with Crippen LogP contribution in [0.1, 0.15) is 5.56 Å². The van der Waals surface area contributed by atoms with Crippen molar-refractivity contribution in [2.75, 3.05) is 5.73 Å². The third-order valence-electron chi connectivity index (χ3n) is 3.07. The van der Waals surface area contributed by atoms with Crippen LogP contribution in [-0.4, -0.2) is 10.1 Å². The minimum absolute atomic E-state index is 0.396. The average molecular weight is 320 g/mol. The summed E-state index contributed by atoms with van der Waals surface area (Å²) in [7, 11) is 0. The third-order valence-corrected chi connectivity index (χ3v) is 3.51. The zero-order valence-corrected chi connectivity index (χ0v) is 12.6. The Morgan fingerprint density at radius 1 is 1.00 bits per heavy atom. The van der Waals surface area contributed by atoms with Gasteiger partial charge in [-0.25, -0.2) is 0 Å². The fraction of sp³-hybridized carbons (Fsp3) is 0.0667. The molecule has 0 radical (unpaired) electrons. The number of benzene rings is 2. The molecule has 106 valence electrons. The van der Waals surface area contributed by atoms with Gasteiger partial charge in [-0.15, -0.1) is 0 Å². The summed E-state index contributed by atoms with van der Waals surface area (Å²) >= 11 is 11.9. The van der Waals surface area contributed by atoms with Gasteiger partial charge in [0.05, 0.1) is 0 Å². The van der Waals surface area contributed by atoms with Crippen molar-refractivity contribution in [2.45, 2.75) is 6.92 Å². The van der Waals surface area contributed by atoms with Crippen molar-refractivity contribution in [3.63, 3.8) is 0 Å². The molecule has 6 heteroatoms. The highest BCUT2D eigenvalue weighted by molar-refractivity contribution is 6.35. The molecule has 21 heavy (non-hydrogen) atoms. The lowest BCUT2D eigenvalue weighted by atomic mass is 10.1. The van der Waals surface area contributed by atoms with Gasteiger partial charge in [0.2, 0.25) is 5.82 Å². The number of aromatic nitrogens is 2. The maximum absolute atomic E-state index is 5.97. The van der Waals surface area contributed by atoms with E-state index in [-0.39, 0.29) is 0 Å². The molecule has 3 aromatic rings. The van der Waals surface area contributed by atoms with Gasteiger partial charge in [-0.3, -0.25) is 0 Å². The van der Waals surface area contributed by atoms with Crippen LogP contribution in [0, 0.1) is 6.92 Å². The first-order valence-corrected chi connectivity index (χ1v) is 6.95. The van der Waals surface area contributed by atoms with E-state index < -0.39 is 0 Å². The van der Waals surface area contributed by atoms with E-state index in [1.807, 2.05) is 19.1 Å². The van der Waals surface area contributed by atoms with Crippen LogP contribution in [0.5, 0.6) is 0 Å². The summed E-state index contributed by atoms with van der Waals surface area (Å²) in [6.07, 6.45) is 0. The summed E-state index contributed by atoms with van der Waals surface area (Å²) in [6.45, 7) is 1.94. The number of rotatable bonds is 2. The molecule has 0 atom stereocenters. The summed E-state index contributed by atoms with van der Waals surface area (Å²) in [6, 6.07) is 10.7. The van der Waals surface area contributed by atoms with Gasteiger partial charge in [0.15, 0.2) is 0 Å². The van der Waals surface area contributed by atoms with Crippen molar-refractivity contribution in [3.8, 4) is 22.8 Å². The predicted octanol–water partition coefficient (Wildman–Crippen LogP) is 4.60. The Kier molecular flexibility index (Phi) is 3.57. The number of anilines is 1. The summed E-state index contributed by atoms with van der Waals surface area (Å²) in [5.41, 5.74) is 9.04. The largest absolute Gasteiger partial charge is 0.398 e. The van der Waals surface area contributed by atoms with Gasteiger partial charge in [-0.2, -0.15) is 4.98 Å². The van der Waals surface area contributed by atoms with Crippen LogP contribution in [0.3, 0.4) is 0 Å². The van der Waals surface area contributed by atoms with E-state index >= 15 is 0 Å². The molecule has 0 saturated carbocycles. The van der Waals surface area contributed by atoms with Crippen LogP contribution >= 0.6 is 23.2 Å². The SMILES string of the molecule is Cc1ccc(-c2nc(-c3cc(Cl)cc(Cl)c3)no2)cc1N. The molecule has 0 aliphatic carbocycles. The second-order valence-corrected chi connectivity index (χ2v) is 5.53. The van der Waals surface area contributed by atoms with E-state index in [1.165, 1.54) is 0 Å². The van der Waals surface area contributed by atoms with E-state index in [0.717, 1.165) is 11.1 Å². The number of hydrogen-bond donors (Lipinski definition) is 1. The van der Waals surface area contributed by atoms with Crippen LogP contribution in [0.25, 0.3) is 22.8 Å². The zero-order chi connectivity index (χ0) is 15.0. The molecule has 3 rings (SSSR count). The number of nitrogens with zero attached hydrogens (tertiary/aromatic N) is 2. The Morgan fingerprint density at radius 2 is 1.71 bits per heavy atom. The number of hydrogen-bond acceptors (Lipinski definition) is 4. The molecule has 1 aromatic heterocycles. The highest BCUT2D eigenvalue weighted by Crippen LogP contribution is 2.28. The Bertz CT molecular complexity index is 794. The molecule has 4 nitrogen and oxygen atoms in total. The zero-order valence-electron chi connectivity index (χ0n) is 11.1. The van der Waals surface area contributed by atoms with Gasteiger partial charge in [0.1, 0.15) is 0 Å². The molecular formula is C15H11Cl2N3O. The first kappa shape index (κ1) is 13.9. The topological polar surface area (TPSA) is 64.9 Å². The molecule has 0 bridgehead atoms. The van der Waals surface area contributed by atoms with Crippen molar-refractivity contribution in [1.29, 1.82) is 0 Å². The predicted molar refractivity (Wildman–Crippen MR) is 84.3 cm³/mol. The Labute approximate surface area is 131 Å². The minimum atomic E-state index is 0.396. The van der Waals surface area contributed by atoms with Crippen molar-refractivity contribution < 1.29 is 4.52 Å². The van der Waals surface area contributed by atoms with E-state index in [9.17, 15) is 0 Å². The van der Waals surface area contributed by atoms with Gasteiger partial charge < -0.3 is 10.3 Å². The molecule has 0 aliphatic heterocycles. The monoisotopic (exact) mass is 319 g/mol. The number of nitrogen functional groups attached to an aromatic ring is 1. The number of nitrogens with two attached hydrogens (primary N) is 1. The van der Waals surface area contributed by atoms with Crippen LogP contribution in [0.15, 0.2) is 40.9 Å². The first-order chi connectivity index (χ1) is 10.0. The van der Waals surface area contributed by atoms with E-state index in [4.69, 9.17) is 33.5 Å². The van der Waals surface area contributed by atoms with Crippen molar-refractivity contribution >= 4 is 28.9 Å². The molecule has 0 fully saturated rings. The van der Waals surface area contributed by atoms with Crippen LogP contribution in [0.4, 0.5) is 5.69 Å². The fourth-order valence-corrected chi connectivity index (χ4v) is 2.44. The molecular weight excluding hydrogens is 309 g/mol. The highest BCUT2D eigenvalue weighted by Gasteiger charge is 2.12. The molecule has 0 amide bonds. The van der Waals surface area contributed by atoms with E-state index in [1.54, 1.807) is 24.3 Å². The molecule has 1 heterocycles. The molecule has 2 N–H and O–H groups in total. The lowest BCUT2D eigenvalue weighted by Gasteiger charge is -2.00. The third kappa shape index (κ3) is 2.86. The van der Waals surface area contributed by atoms with Crippen molar-refractivity contribution in [3.05, 3.63) is 52.0 Å². The summed E-state index contributed by atoms with van der Waals surface area (Å²) < 4.78 is 5.28. The van der Waals surface area contributed by atoms with Crippen LogP contribution in [0.2, 0.25) is 10.0 Å². The van der Waals surface area contributed by atoms with Crippen molar-refractivity contribution in [2.24, 2.45) is 0 Å². The number of halogens is 2. The Morgan fingerprint density at radius 3 is 2.38 bits per heavy atom. The van der Waals surface area contributed by atoms with Crippen molar-refractivity contribution in [1.82, 2.24) is 10.1 Å². The Hall–Kier alpha value is -2.04. The second-order valence-electron chi connectivity index (χ2n) is 4.65. The van der Waals surface area contributed by atoms with Gasteiger partial charge >= 0.3 is 0 Å². The van der Waals surface area contributed by atoms with Gasteiger partial charge in [0.25, 0.3) is 5.89 Å². The van der Waals surface area contributed by atoms with Gasteiger partial charge in [0, 0.05) is 26.9 Å². The van der Waals surface area contributed by atoms with E-state index in [0.29, 0.717) is 33.0 Å². The highest BCUT2D eigenvalue weighted by atomic mass is 35.5. The maximum atomic E-state index is 5.97. The lowest BCUT2D eigenvalue weighted by molar-refractivity contribution is 0.432. The fourth-order valence-electron chi connectivity index (χ4n) is 1.91. The van der Waals surface area contributed by atoms with Crippen LogP contribution < -0.4 is 5.73 Å². The first-order valence-electron chi connectivity index (χ1n) is 6.19. The standard InChI is InChI=1S/C15H11Cl2N3O/c1-8-2-3-9(6-13(8)18)15-19-14(20-21-15)10-4-11(16)7-12(17)5-10/h2-7H,18H2,1H3. The normalized spacial score (nSPS) is 10.8. The molecule has 0 spiro atoms. The van der Waals surface area contributed by atoms with Gasteiger partial charge in [-0.1, -0.05) is 34.4 Å². The summed E-state index contributed by atoms with van der Waals surface area (Å²) in [5, 5.41) is 4.99. The maximum Gasteiger partial charge on any atom is 0.258 e. The Balaban J connectivity index is 2.01. The quantitative estimate of drug-likeness (QED) is 0.701. The second kappa shape index (κ2) is 5.39. The van der Waals surface area contributed by atoms with Gasteiger partial charge in [-0.05, 0) is 42.8 Å². The van der Waals surface area contributed by atoms with Crippen LogP contribution in [-0.2, 0) is 0 Å². The summed E-state index contributed by atoms with van der Waals surface area (Å²) in [5.74, 6) is 0.821. The molecule has 0 unspecified atom stereocenters. The number of aryl methyl sites for hydroxylation is 1. The molecule has 0 saturated heterocycles. The average Bonchev–Trinajstić information content (AvgIpc) is 2.90. The lowest BCUT2D eigenvalue weighted by Crippen LogP contribution is -1.90.